The lowest BCUT2D eigenvalue weighted by Crippen LogP contribution is -2.40. The molecule has 0 rings (SSSR count). The van der Waals surface area contributed by atoms with Gasteiger partial charge in [-0.1, -0.05) is 0 Å². The molecule has 0 radical (unpaired) electrons. The number of hydrogen-bond donors (Lipinski definition) is 3. The Morgan fingerprint density at radius 1 is 1.47 bits per heavy atom. The summed E-state index contributed by atoms with van der Waals surface area (Å²) in [5.41, 5.74) is 5.60. The molecule has 0 spiro atoms. The van der Waals surface area contributed by atoms with E-state index in [0.29, 0.717) is 13.0 Å². The summed E-state index contributed by atoms with van der Waals surface area (Å²) in [5, 5.41) is 11.0. The summed E-state index contributed by atoms with van der Waals surface area (Å²) in [6.45, 7) is 1.96. The van der Waals surface area contributed by atoms with E-state index in [2.05, 4.69) is 5.32 Å². The Morgan fingerprint density at radius 3 is 2.53 bits per heavy atom. The number of nitrogens with zero attached hydrogens (tertiary/aromatic N) is 1. The van der Waals surface area contributed by atoms with E-state index in [9.17, 15) is 9.59 Å². The lowest BCUT2D eigenvalue weighted by atomic mass is 10.2. The van der Waals surface area contributed by atoms with Crippen molar-refractivity contribution in [1.29, 1.82) is 0 Å². The maximum absolute atomic E-state index is 11.5. The minimum atomic E-state index is -0.942. The van der Waals surface area contributed by atoms with Crippen molar-refractivity contribution in [3.05, 3.63) is 0 Å². The number of nitrogens with two attached hydrogens (primary N) is 1. The third-order valence-electron chi connectivity index (χ3n) is 2.23. The number of carbonyl (C=O) groups is 2. The van der Waals surface area contributed by atoms with E-state index in [1.807, 2.05) is 0 Å². The topological polar surface area (TPSA) is 105 Å². The number of hydrogen-bond acceptors (Lipinski definition) is 6. The summed E-state index contributed by atoms with van der Waals surface area (Å²) in [6, 6.07) is -0.737. The van der Waals surface area contributed by atoms with E-state index < -0.39 is 18.0 Å². The predicted octanol–water partition coefficient (Wildman–Crippen LogP) is -1.17. The van der Waals surface area contributed by atoms with E-state index in [1.165, 1.54) is 0 Å². The molecule has 0 saturated heterocycles. The van der Waals surface area contributed by atoms with E-state index in [1.54, 1.807) is 25.9 Å². The molecule has 7 nitrogen and oxygen atoms in total. The van der Waals surface area contributed by atoms with E-state index in [0.717, 1.165) is 0 Å². The van der Waals surface area contributed by atoms with E-state index in [-0.39, 0.29) is 12.8 Å². The number of carboxylic acids is 1. The van der Waals surface area contributed by atoms with Crippen LogP contribution >= 0.6 is 0 Å². The van der Waals surface area contributed by atoms with Crippen LogP contribution in [0, 0.1) is 0 Å². The van der Waals surface area contributed by atoms with Crippen molar-refractivity contribution in [3.63, 3.8) is 0 Å². The second-order valence-electron chi connectivity index (χ2n) is 3.97. The molecule has 0 amide bonds. The molecule has 17 heavy (non-hydrogen) atoms. The summed E-state index contributed by atoms with van der Waals surface area (Å²) >= 11 is 0. The van der Waals surface area contributed by atoms with Crippen LogP contribution in [-0.4, -0.2) is 61.4 Å². The van der Waals surface area contributed by atoms with Crippen LogP contribution in [0.1, 0.15) is 13.3 Å². The van der Waals surface area contributed by atoms with Gasteiger partial charge in [0, 0.05) is 0 Å². The van der Waals surface area contributed by atoms with Gasteiger partial charge in [-0.05, 0) is 34.0 Å². The average Bonchev–Trinajstić information content (AvgIpc) is 2.23. The molecule has 0 fully saturated rings. The van der Waals surface area contributed by atoms with Gasteiger partial charge in [0.25, 0.3) is 0 Å². The highest BCUT2D eigenvalue weighted by Crippen LogP contribution is 1.98. The number of nitrogens with one attached hydrogen (secondary N) is 1. The maximum atomic E-state index is 11.5. The lowest BCUT2D eigenvalue weighted by molar-refractivity contribution is -0.157. The Balaban J connectivity index is 3.78. The third kappa shape index (κ3) is 7.67. The van der Waals surface area contributed by atoms with Crippen LogP contribution in [0.5, 0.6) is 0 Å². The molecule has 2 unspecified atom stereocenters. The fraction of sp³-hybridized carbons (Fsp3) is 0.800. The number of aliphatic carboxylic acids is 1. The average molecular weight is 247 g/mol. The van der Waals surface area contributed by atoms with Crippen molar-refractivity contribution in [1.82, 2.24) is 10.2 Å². The Hall–Kier alpha value is -1.18. The normalized spacial score (nSPS) is 14.4. The van der Waals surface area contributed by atoms with Crippen LogP contribution in [0.3, 0.4) is 0 Å². The first kappa shape index (κ1) is 15.8. The Kier molecular flexibility index (Phi) is 7.44. The fourth-order valence-corrected chi connectivity index (χ4v) is 0.932. The largest absolute Gasteiger partial charge is 0.480 e. The van der Waals surface area contributed by atoms with Crippen molar-refractivity contribution >= 4 is 11.9 Å². The van der Waals surface area contributed by atoms with Gasteiger partial charge in [0.2, 0.25) is 0 Å². The molecule has 0 aromatic rings. The zero-order chi connectivity index (χ0) is 13.4. The Labute approximate surface area is 101 Å². The summed E-state index contributed by atoms with van der Waals surface area (Å²) in [6.07, 6.45) is 0.00670. The minimum Gasteiger partial charge on any atom is -0.480 e. The van der Waals surface area contributed by atoms with Crippen LogP contribution in [0.2, 0.25) is 0 Å². The van der Waals surface area contributed by atoms with Gasteiger partial charge in [-0.2, -0.15) is 0 Å². The summed E-state index contributed by atoms with van der Waals surface area (Å²) in [5.74, 6) is -1.43. The molecule has 0 aromatic heterocycles. The fourth-order valence-electron chi connectivity index (χ4n) is 0.932. The highest BCUT2D eigenvalue weighted by molar-refractivity contribution is 5.75. The second-order valence-corrected chi connectivity index (χ2v) is 3.97. The lowest BCUT2D eigenvalue weighted by Gasteiger charge is -2.21. The third-order valence-corrected chi connectivity index (χ3v) is 2.23. The smallest absolute Gasteiger partial charge is 0.324 e. The van der Waals surface area contributed by atoms with Crippen LogP contribution in [0.4, 0.5) is 0 Å². The number of esters is 1. The monoisotopic (exact) mass is 247 g/mol. The number of rotatable bonds is 8. The van der Waals surface area contributed by atoms with Crippen molar-refractivity contribution in [3.8, 4) is 0 Å². The first-order valence-electron chi connectivity index (χ1n) is 5.39. The molecular weight excluding hydrogens is 226 g/mol. The molecule has 0 aliphatic heterocycles. The molecular formula is C10H21N3O4. The van der Waals surface area contributed by atoms with Crippen molar-refractivity contribution in [2.45, 2.75) is 25.6 Å². The van der Waals surface area contributed by atoms with Gasteiger partial charge < -0.3 is 20.9 Å². The first-order chi connectivity index (χ1) is 7.84. The zero-order valence-corrected chi connectivity index (χ0v) is 10.5. The van der Waals surface area contributed by atoms with Crippen LogP contribution in [0.25, 0.3) is 0 Å². The molecule has 2 atom stereocenters. The molecule has 7 heteroatoms. The van der Waals surface area contributed by atoms with Crippen LogP contribution in [-0.2, 0) is 14.3 Å². The summed E-state index contributed by atoms with van der Waals surface area (Å²) < 4.78 is 5.07. The van der Waals surface area contributed by atoms with Gasteiger partial charge in [0.05, 0.1) is 6.54 Å². The molecule has 0 aliphatic rings. The molecule has 100 valence electrons. The number of carboxylic acid groups (broad SMARTS) is 1. The molecule has 0 saturated carbocycles. The maximum Gasteiger partial charge on any atom is 0.324 e. The van der Waals surface area contributed by atoms with E-state index in [4.69, 9.17) is 15.6 Å². The van der Waals surface area contributed by atoms with Gasteiger partial charge in [-0.3, -0.25) is 14.5 Å². The molecule has 0 aliphatic carbocycles. The van der Waals surface area contributed by atoms with Crippen molar-refractivity contribution in [2.24, 2.45) is 5.73 Å². The van der Waals surface area contributed by atoms with Gasteiger partial charge in [-0.25, -0.2) is 0 Å². The standard InChI is InChI=1S/C10H21N3O4/c1-7(13(2)3)17-10(16)8(11)4-5-12-6-9(14)15/h7-8,12H,4-6,11H2,1-3H3,(H,14,15). The highest BCUT2D eigenvalue weighted by Gasteiger charge is 2.18. The quantitative estimate of drug-likeness (QED) is 0.282. The van der Waals surface area contributed by atoms with Gasteiger partial charge in [0.15, 0.2) is 6.23 Å². The second kappa shape index (κ2) is 7.99. The Bertz CT molecular complexity index is 258. The van der Waals surface area contributed by atoms with E-state index >= 15 is 0 Å². The summed E-state index contributed by atoms with van der Waals surface area (Å²) in [4.78, 5) is 23.4. The molecule has 4 N–H and O–H groups in total. The van der Waals surface area contributed by atoms with Gasteiger partial charge in [0.1, 0.15) is 6.04 Å². The highest BCUT2D eigenvalue weighted by atomic mass is 16.6. The first-order valence-corrected chi connectivity index (χ1v) is 5.39. The van der Waals surface area contributed by atoms with Crippen LogP contribution in [0.15, 0.2) is 0 Å². The van der Waals surface area contributed by atoms with Gasteiger partial charge in [-0.15, -0.1) is 0 Å². The number of carbonyl (C=O) groups excluding carboxylic acids is 1. The number of ether oxygens (including phenoxy) is 1. The molecule has 0 heterocycles. The Morgan fingerprint density at radius 2 is 2.06 bits per heavy atom. The van der Waals surface area contributed by atoms with Crippen molar-refractivity contribution in [2.75, 3.05) is 27.2 Å². The van der Waals surface area contributed by atoms with Gasteiger partial charge >= 0.3 is 11.9 Å². The zero-order valence-electron chi connectivity index (χ0n) is 10.5. The molecule has 0 bridgehead atoms. The SMILES string of the molecule is CC(OC(=O)C(N)CCNCC(=O)O)N(C)C. The summed E-state index contributed by atoms with van der Waals surface area (Å²) in [7, 11) is 3.58. The molecule has 0 aromatic carbocycles. The van der Waals surface area contributed by atoms with Crippen molar-refractivity contribution < 1.29 is 19.4 Å². The minimum absolute atomic E-state index is 0.143. The van der Waals surface area contributed by atoms with Crippen LogP contribution < -0.4 is 11.1 Å². The predicted molar refractivity (Wildman–Crippen MR) is 62.3 cm³/mol.